The zero-order valence-corrected chi connectivity index (χ0v) is 18.1. The molecule has 5 fully saturated rings. The SMILES string of the molecule is COc1ccc(C(=O)N2CCN(C(=O)C34CC5CC(CC(C5)C3)C4)CC2)c(OC)c1. The zero-order valence-electron chi connectivity index (χ0n) is 18.1. The number of hydrogen-bond donors (Lipinski definition) is 0. The lowest BCUT2D eigenvalue weighted by Gasteiger charge is -2.57. The highest BCUT2D eigenvalue weighted by Crippen LogP contribution is 2.60. The summed E-state index contributed by atoms with van der Waals surface area (Å²) in [5, 5.41) is 0. The summed E-state index contributed by atoms with van der Waals surface area (Å²) in [7, 11) is 3.16. The van der Waals surface area contributed by atoms with Crippen LogP contribution in [0.5, 0.6) is 11.5 Å². The molecular formula is C24H32N2O4. The quantitative estimate of drug-likeness (QED) is 0.762. The van der Waals surface area contributed by atoms with E-state index < -0.39 is 0 Å². The van der Waals surface area contributed by atoms with Gasteiger partial charge in [0.2, 0.25) is 5.91 Å². The lowest BCUT2D eigenvalue weighted by Crippen LogP contribution is -2.58. The second kappa shape index (κ2) is 7.47. The Morgan fingerprint density at radius 3 is 1.97 bits per heavy atom. The molecule has 6 nitrogen and oxygen atoms in total. The molecular weight excluding hydrogens is 380 g/mol. The van der Waals surface area contributed by atoms with Crippen LogP contribution in [-0.2, 0) is 4.79 Å². The van der Waals surface area contributed by atoms with E-state index >= 15 is 0 Å². The van der Waals surface area contributed by atoms with Gasteiger partial charge in [0.15, 0.2) is 0 Å². The molecule has 5 aliphatic rings. The van der Waals surface area contributed by atoms with Crippen molar-refractivity contribution in [1.29, 1.82) is 0 Å². The first-order valence-corrected chi connectivity index (χ1v) is 11.3. The normalized spacial score (nSPS) is 32.3. The number of benzene rings is 1. The number of rotatable bonds is 4. The first-order chi connectivity index (χ1) is 14.5. The van der Waals surface area contributed by atoms with Crippen molar-refractivity contribution >= 4 is 11.8 Å². The van der Waals surface area contributed by atoms with E-state index in [-0.39, 0.29) is 11.3 Å². The van der Waals surface area contributed by atoms with Crippen LogP contribution in [0, 0.1) is 23.2 Å². The number of hydrogen-bond acceptors (Lipinski definition) is 4. The number of amides is 2. The second-order valence-electron chi connectivity index (χ2n) is 9.85. The largest absolute Gasteiger partial charge is 0.497 e. The van der Waals surface area contributed by atoms with Crippen molar-refractivity contribution in [3.05, 3.63) is 23.8 Å². The second-order valence-corrected chi connectivity index (χ2v) is 9.85. The Morgan fingerprint density at radius 2 is 1.43 bits per heavy atom. The minimum atomic E-state index is -0.0971. The van der Waals surface area contributed by atoms with Gasteiger partial charge in [-0.2, -0.15) is 0 Å². The minimum Gasteiger partial charge on any atom is -0.497 e. The lowest BCUT2D eigenvalue weighted by atomic mass is 9.49. The van der Waals surface area contributed by atoms with Crippen LogP contribution in [-0.4, -0.2) is 62.0 Å². The highest BCUT2D eigenvalue weighted by molar-refractivity contribution is 5.97. The molecule has 4 aliphatic carbocycles. The molecule has 2 amide bonds. The molecule has 1 aromatic carbocycles. The summed E-state index contributed by atoms with van der Waals surface area (Å²) >= 11 is 0. The predicted octanol–water partition coefficient (Wildman–Crippen LogP) is 3.20. The molecule has 1 aromatic rings. The molecule has 30 heavy (non-hydrogen) atoms. The maximum absolute atomic E-state index is 13.6. The van der Waals surface area contributed by atoms with Gasteiger partial charge in [0.05, 0.1) is 25.2 Å². The van der Waals surface area contributed by atoms with E-state index in [1.165, 1.54) is 19.3 Å². The van der Waals surface area contributed by atoms with E-state index in [0.717, 1.165) is 37.0 Å². The molecule has 4 bridgehead atoms. The number of carbonyl (C=O) groups excluding carboxylic acids is 2. The van der Waals surface area contributed by atoms with E-state index in [9.17, 15) is 9.59 Å². The predicted molar refractivity (Wildman–Crippen MR) is 113 cm³/mol. The van der Waals surface area contributed by atoms with Crippen molar-refractivity contribution in [2.75, 3.05) is 40.4 Å². The Hall–Kier alpha value is -2.24. The van der Waals surface area contributed by atoms with Gasteiger partial charge in [0, 0.05) is 32.2 Å². The molecule has 1 saturated heterocycles. The third-order valence-electron chi connectivity index (χ3n) is 7.99. The highest BCUT2D eigenvalue weighted by atomic mass is 16.5. The van der Waals surface area contributed by atoms with Crippen LogP contribution >= 0.6 is 0 Å². The van der Waals surface area contributed by atoms with Crippen LogP contribution in [0.3, 0.4) is 0 Å². The van der Waals surface area contributed by atoms with Crippen LogP contribution < -0.4 is 9.47 Å². The first-order valence-electron chi connectivity index (χ1n) is 11.3. The molecule has 0 radical (unpaired) electrons. The van der Waals surface area contributed by atoms with E-state index in [0.29, 0.717) is 49.1 Å². The van der Waals surface area contributed by atoms with Crippen molar-refractivity contribution < 1.29 is 19.1 Å². The van der Waals surface area contributed by atoms with Gasteiger partial charge in [0.25, 0.3) is 5.91 Å². The summed E-state index contributed by atoms with van der Waals surface area (Å²) < 4.78 is 10.6. The average Bonchev–Trinajstić information content (AvgIpc) is 2.77. The first kappa shape index (κ1) is 19.7. The van der Waals surface area contributed by atoms with Crippen molar-refractivity contribution in [3.63, 3.8) is 0 Å². The monoisotopic (exact) mass is 412 g/mol. The summed E-state index contributed by atoms with van der Waals surface area (Å²) in [6.07, 6.45) is 7.33. The molecule has 0 spiro atoms. The van der Waals surface area contributed by atoms with E-state index in [1.54, 1.807) is 32.4 Å². The summed E-state index contributed by atoms with van der Waals surface area (Å²) in [4.78, 5) is 30.5. The molecule has 1 heterocycles. The highest BCUT2D eigenvalue weighted by Gasteiger charge is 2.55. The molecule has 0 N–H and O–H groups in total. The standard InChI is InChI=1S/C24H32N2O4/c1-29-19-3-4-20(21(12-19)30-2)22(27)25-5-7-26(8-6-25)23(28)24-13-16-9-17(14-24)11-18(10-16)15-24/h3-4,12,16-18H,5-11,13-15H2,1-2H3. The van der Waals surface area contributed by atoms with Gasteiger partial charge in [-0.25, -0.2) is 0 Å². The van der Waals surface area contributed by atoms with E-state index in [4.69, 9.17) is 9.47 Å². The Kier molecular flexibility index (Phi) is 4.91. The number of ether oxygens (including phenoxy) is 2. The minimum absolute atomic E-state index is 0.0450. The molecule has 0 unspecified atom stereocenters. The molecule has 1 aliphatic heterocycles. The molecule has 4 saturated carbocycles. The van der Waals surface area contributed by atoms with Gasteiger partial charge >= 0.3 is 0 Å². The third-order valence-corrected chi connectivity index (χ3v) is 7.99. The number of nitrogens with zero attached hydrogens (tertiary/aromatic N) is 2. The van der Waals surface area contributed by atoms with Crippen molar-refractivity contribution in [1.82, 2.24) is 9.80 Å². The maximum atomic E-state index is 13.6. The fraction of sp³-hybridized carbons (Fsp3) is 0.667. The summed E-state index contributed by atoms with van der Waals surface area (Å²) in [6, 6.07) is 5.27. The van der Waals surface area contributed by atoms with E-state index in [1.807, 2.05) is 9.80 Å². The van der Waals surface area contributed by atoms with Crippen LogP contribution in [0.15, 0.2) is 18.2 Å². The van der Waals surface area contributed by atoms with E-state index in [2.05, 4.69) is 0 Å². The van der Waals surface area contributed by atoms with Crippen LogP contribution in [0.2, 0.25) is 0 Å². The van der Waals surface area contributed by atoms with Gasteiger partial charge in [-0.05, 0) is 68.4 Å². The van der Waals surface area contributed by atoms with Crippen LogP contribution in [0.1, 0.15) is 48.9 Å². The number of piperazine rings is 1. The van der Waals surface area contributed by atoms with Crippen molar-refractivity contribution in [2.45, 2.75) is 38.5 Å². The lowest BCUT2D eigenvalue weighted by molar-refractivity contribution is -0.159. The molecule has 162 valence electrons. The summed E-state index contributed by atoms with van der Waals surface area (Å²) in [5.41, 5.74) is 0.444. The van der Waals surface area contributed by atoms with Gasteiger partial charge in [0.1, 0.15) is 11.5 Å². The molecule has 6 rings (SSSR count). The Balaban J connectivity index is 1.25. The Labute approximate surface area is 178 Å². The van der Waals surface area contributed by atoms with Gasteiger partial charge in [-0.1, -0.05) is 0 Å². The Bertz CT molecular complexity index is 808. The fourth-order valence-corrected chi connectivity index (χ4v) is 6.97. The Morgan fingerprint density at radius 1 is 0.867 bits per heavy atom. The number of carbonyl (C=O) groups is 2. The maximum Gasteiger partial charge on any atom is 0.257 e. The van der Waals surface area contributed by atoms with Gasteiger partial charge in [-0.3, -0.25) is 9.59 Å². The fourth-order valence-electron chi connectivity index (χ4n) is 6.97. The summed E-state index contributed by atoms with van der Waals surface area (Å²) in [5.74, 6) is 3.81. The average molecular weight is 413 g/mol. The van der Waals surface area contributed by atoms with Crippen LogP contribution in [0.25, 0.3) is 0 Å². The van der Waals surface area contributed by atoms with Gasteiger partial charge < -0.3 is 19.3 Å². The molecule has 0 aromatic heterocycles. The smallest absolute Gasteiger partial charge is 0.257 e. The third kappa shape index (κ3) is 3.25. The molecule has 6 heteroatoms. The molecule has 0 atom stereocenters. The van der Waals surface area contributed by atoms with Crippen LogP contribution in [0.4, 0.5) is 0 Å². The zero-order chi connectivity index (χ0) is 20.9. The number of methoxy groups -OCH3 is 2. The van der Waals surface area contributed by atoms with Crippen molar-refractivity contribution in [3.8, 4) is 11.5 Å². The van der Waals surface area contributed by atoms with Gasteiger partial charge in [-0.15, -0.1) is 0 Å². The summed E-state index contributed by atoms with van der Waals surface area (Å²) in [6.45, 7) is 2.41. The topological polar surface area (TPSA) is 59.1 Å². The van der Waals surface area contributed by atoms with Crippen molar-refractivity contribution in [2.24, 2.45) is 23.2 Å².